The summed E-state index contributed by atoms with van der Waals surface area (Å²) in [4.78, 5) is 6.55. The van der Waals surface area contributed by atoms with Gasteiger partial charge >= 0.3 is 6.18 Å². The van der Waals surface area contributed by atoms with E-state index in [1.165, 1.54) is 6.07 Å². The third-order valence-corrected chi connectivity index (χ3v) is 4.59. The van der Waals surface area contributed by atoms with Gasteiger partial charge < -0.3 is 20.1 Å². The van der Waals surface area contributed by atoms with E-state index in [0.717, 1.165) is 26.3 Å². The molecule has 1 aromatic rings. The zero-order chi connectivity index (χ0) is 20.6. The van der Waals surface area contributed by atoms with Crippen LogP contribution < -0.4 is 15.4 Å². The molecule has 0 bridgehead atoms. The summed E-state index contributed by atoms with van der Waals surface area (Å²) in [6, 6.07) is 6.66. The minimum Gasteiger partial charge on any atom is -0.484 e. The molecule has 29 heavy (non-hydrogen) atoms. The van der Waals surface area contributed by atoms with E-state index in [0.29, 0.717) is 24.6 Å². The van der Waals surface area contributed by atoms with Crippen LogP contribution in [0.15, 0.2) is 29.3 Å². The molecule has 1 aliphatic heterocycles. The molecule has 0 aliphatic carbocycles. The third-order valence-electron chi connectivity index (χ3n) is 4.59. The molecule has 0 radical (unpaired) electrons. The van der Waals surface area contributed by atoms with Crippen molar-refractivity contribution in [2.45, 2.75) is 32.1 Å². The number of nitrogens with one attached hydrogen (secondary N) is 2. The van der Waals surface area contributed by atoms with Crippen LogP contribution in [0.25, 0.3) is 0 Å². The van der Waals surface area contributed by atoms with Crippen molar-refractivity contribution in [3.63, 3.8) is 0 Å². The molecule has 0 amide bonds. The van der Waals surface area contributed by atoms with Gasteiger partial charge in [0.2, 0.25) is 0 Å². The molecular formula is C19H30F3IN4O2. The normalized spacial score (nSPS) is 16.1. The number of guanidine groups is 1. The van der Waals surface area contributed by atoms with Crippen molar-refractivity contribution in [2.75, 3.05) is 46.5 Å². The zero-order valence-corrected chi connectivity index (χ0v) is 19.3. The van der Waals surface area contributed by atoms with Crippen LogP contribution in [0.3, 0.4) is 0 Å². The number of benzene rings is 1. The Morgan fingerprint density at radius 3 is 2.45 bits per heavy atom. The zero-order valence-electron chi connectivity index (χ0n) is 17.0. The Bertz CT molecular complexity index is 651. The van der Waals surface area contributed by atoms with Gasteiger partial charge in [0.1, 0.15) is 5.75 Å². The van der Waals surface area contributed by atoms with Crippen LogP contribution in [0.2, 0.25) is 0 Å². The minimum atomic E-state index is -4.37. The highest BCUT2D eigenvalue weighted by atomic mass is 127. The molecule has 1 saturated heterocycles. The minimum absolute atomic E-state index is 0. The summed E-state index contributed by atoms with van der Waals surface area (Å²) in [5.41, 5.74) is 0.539. The first-order valence-corrected chi connectivity index (χ1v) is 9.26. The number of para-hydroxylation sites is 1. The molecule has 0 atom stereocenters. The summed E-state index contributed by atoms with van der Waals surface area (Å²) in [6.07, 6.45) is -4.37. The standard InChI is InChI=1S/C19H29F3N4O2.HI/c1-18(2,26-8-10-27-11-9-26)13-25-17(23-3)24-12-15-6-4-5-7-16(15)28-14-19(20,21)22;/h4-7H,8-14H2,1-3H3,(H2,23,24,25);1H. The van der Waals surface area contributed by atoms with Crippen LogP contribution in [0.1, 0.15) is 19.4 Å². The molecule has 166 valence electrons. The van der Waals surface area contributed by atoms with E-state index in [2.05, 4.69) is 34.4 Å². The van der Waals surface area contributed by atoms with Gasteiger partial charge in [-0.05, 0) is 19.9 Å². The van der Waals surface area contributed by atoms with Crippen LogP contribution in [0.5, 0.6) is 5.75 Å². The van der Waals surface area contributed by atoms with Crippen molar-refractivity contribution in [3.05, 3.63) is 29.8 Å². The summed E-state index contributed by atoms with van der Waals surface area (Å²) in [7, 11) is 1.66. The second kappa shape index (κ2) is 11.8. The molecule has 0 aromatic heterocycles. The van der Waals surface area contributed by atoms with Crippen LogP contribution >= 0.6 is 24.0 Å². The van der Waals surface area contributed by atoms with Gasteiger partial charge in [0.25, 0.3) is 0 Å². The number of halogens is 4. The van der Waals surface area contributed by atoms with Gasteiger partial charge in [-0.15, -0.1) is 24.0 Å². The second-order valence-electron chi connectivity index (χ2n) is 7.20. The molecule has 6 nitrogen and oxygen atoms in total. The number of ether oxygens (including phenoxy) is 2. The summed E-state index contributed by atoms with van der Waals surface area (Å²) < 4.78 is 47.6. The number of morpholine rings is 1. The van der Waals surface area contributed by atoms with Crippen molar-refractivity contribution < 1.29 is 22.6 Å². The molecule has 1 fully saturated rings. The quantitative estimate of drug-likeness (QED) is 0.323. The summed E-state index contributed by atoms with van der Waals surface area (Å²) in [5, 5.41) is 6.42. The Hall–Kier alpha value is -1.27. The highest BCUT2D eigenvalue weighted by Gasteiger charge is 2.29. The molecule has 1 aliphatic rings. The van der Waals surface area contributed by atoms with Crippen LogP contribution in [0, 0.1) is 0 Å². The van der Waals surface area contributed by atoms with Gasteiger partial charge in [-0.2, -0.15) is 13.2 Å². The van der Waals surface area contributed by atoms with Gasteiger partial charge in [0.05, 0.1) is 13.2 Å². The predicted octanol–water partition coefficient (Wildman–Crippen LogP) is 3.02. The molecule has 0 unspecified atom stereocenters. The lowest BCUT2D eigenvalue weighted by Gasteiger charge is -2.41. The largest absolute Gasteiger partial charge is 0.484 e. The van der Waals surface area contributed by atoms with Crippen LogP contribution in [-0.4, -0.2) is 69.1 Å². The van der Waals surface area contributed by atoms with Crippen molar-refractivity contribution in [1.82, 2.24) is 15.5 Å². The number of hydrogen-bond acceptors (Lipinski definition) is 4. The van der Waals surface area contributed by atoms with Gasteiger partial charge in [-0.3, -0.25) is 9.89 Å². The average molecular weight is 530 g/mol. The molecule has 0 spiro atoms. The van der Waals surface area contributed by atoms with E-state index < -0.39 is 12.8 Å². The molecule has 10 heteroatoms. The topological polar surface area (TPSA) is 58.1 Å². The molecular weight excluding hydrogens is 500 g/mol. The SMILES string of the molecule is CN=C(NCc1ccccc1OCC(F)(F)F)NCC(C)(C)N1CCOCC1.I. The Balaban J connectivity index is 0.00000420. The van der Waals surface area contributed by atoms with Crippen molar-refractivity contribution in [3.8, 4) is 5.75 Å². The molecule has 2 rings (SSSR count). The number of aliphatic imine (C=N–C) groups is 1. The summed E-state index contributed by atoms with van der Waals surface area (Å²) in [5.74, 6) is 0.781. The van der Waals surface area contributed by atoms with E-state index in [1.54, 1.807) is 25.2 Å². The van der Waals surface area contributed by atoms with Crippen molar-refractivity contribution in [2.24, 2.45) is 4.99 Å². The fourth-order valence-electron chi connectivity index (χ4n) is 2.93. The molecule has 2 N–H and O–H groups in total. The highest BCUT2D eigenvalue weighted by molar-refractivity contribution is 14.0. The number of nitrogens with zero attached hydrogens (tertiary/aromatic N) is 2. The molecule has 0 saturated carbocycles. The number of hydrogen-bond donors (Lipinski definition) is 2. The molecule has 1 heterocycles. The maximum absolute atomic E-state index is 12.4. The lowest BCUT2D eigenvalue weighted by atomic mass is 10.0. The summed E-state index contributed by atoms with van der Waals surface area (Å²) >= 11 is 0. The van der Waals surface area contributed by atoms with Crippen LogP contribution in [0.4, 0.5) is 13.2 Å². The van der Waals surface area contributed by atoms with E-state index in [-0.39, 0.29) is 35.3 Å². The second-order valence-corrected chi connectivity index (χ2v) is 7.20. The lowest BCUT2D eigenvalue weighted by molar-refractivity contribution is -0.153. The number of alkyl halides is 3. The third kappa shape index (κ3) is 8.95. The molecule has 1 aromatic carbocycles. The van der Waals surface area contributed by atoms with Gasteiger partial charge in [0, 0.05) is 44.3 Å². The van der Waals surface area contributed by atoms with E-state index in [9.17, 15) is 13.2 Å². The Morgan fingerprint density at radius 1 is 1.17 bits per heavy atom. The fraction of sp³-hybridized carbons (Fsp3) is 0.632. The van der Waals surface area contributed by atoms with Crippen molar-refractivity contribution >= 4 is 29.9 Å². The summed E-state index contributed by atoms with van der Waals surface area (Å²) in [6.45, 7) is 7.17. The Kier molecular flexibility index (Phi) is 10.5. The first-order valence-electron chi connectivity index (χ1n) is 9.26. The average Bonchev–Trinajstić information content (AvgIpc) is 2.67. The predicted molar refractivity (Wildman–Crippen MR) is 118 cm³/mol. The number of rotatable bonds is 7. The van der Waals surface area contributed by atoms with Crippen molar-refractivity contribution in [1.29, 1.82) is 0 Å². The van der Waals surface area contributed by atoms with Gasteiger partial charge in [-0.25, -0.2) is 0 Å². The smallest absolute Gasteiger partial charge is 0.422 e. The first-order chi connectivity index (χ1) is 13.2. The highest BCUT2D eigenvalue weighted by Crippen LogP contribution is 2.22. The van der Waals surface area contributed by atoms with Crippen LogP contribution in [-0.2, 0) is 11.3 Å². The van der Waals surface area contributed by atoms with E-state index in [4.69, 9.17) is 9.47 Å². The Morgan fingerprint density at radius 2 is 1.83 bits per heavy atom. The Labute approximate surface area is 187 Å². The maximum Gasteiger partial charge on any atom is 0.422 e. The lowest BCUT2D eigenvalue weighted by Crippen LogP contribution is -2.56. The fourth-order valence-corrected chi connectivity index (χ4v) is 2.93. The van der Waals surface area contributed by atoms with E-state index in [1.807, 2.05) is 0 Å². The van der Waals surface area contributed by atoms with Gasteiger partial charge in [-0.1, -0.05) is 18.2 Å². The van der Waals surface area contributed by atoms with E-state index >= 15 is 0 Å². The monoisotopic (exact) mass is 530 g/mol. The maximum atomic E-state index is 12.4. The first kappa shape index (κ1) is 25.8. The van der Waals surface area contributed by atoms with Gasteiger partial charge in [0.15, 0.2) is 12.6 Å².